The van der Waals surface area contributed by atoms with E-state index in [4.69, 9.17) is 0 Å². The molecule has 0 atom stereocenters. The fourth-order valence-electron chi connectivity index (χ4n) is 1.97. The van der Waals surface area contributed by atoms with Gasteiger partial charge in [0.05, 0.1) is 13.3 Å². The highest BCUT2D eigenvalue weighted by Crippen LogP contribution is 2.09. The van der Waals surface area contributed by atoms with E-state index in [2.05, 4.69) is 20.4 Å². The van der Waals surface area contributed by atoms with Gasteiger partial charge in [0, 0.05) is 13.1 Å². The minimum Gasteiger partial charge on any atom is -0.453 e. The third kappa shape index (κ3) is 3.67. The van der Waals surface area contributed by atoms with Crippen molar-refractivity contribution in [2.45, 2.75) is 25.8 Å². The van der Waals surface area contributed by atoms with Crippen LogP contribution in [0.5, 0.6) is 0 Å². The van der Waals surface area contributed by atoms with Gasteiger partial charge in [-0.2, -0.15) is 0 Å². The Balaban J connectivity index is 1.88. The molecule has 2 rings (SSSR count). The molecule has 1 aromatic rings. The largest absolute Gasteiger partial charge is 0.453 e. The monoisotopic (exact) mass is 267 g/mol. The molecule has 2 amide bonds. The number of piperidine rings is 1. The number of carbonyl (C=O) groups is 2. The van der Waals surface area contributed by atoms with Gasteiger partial charge in [0.25, 0.3) is 0 Å². The molecule has 1 saturated heterocycles. The Bertz CT molecular complexity index is 453. The highest BCUT2D eigenvalue weighted by molar-refractivity contribution is 5.82. The van der Waals surface area contributed by atoms with Crippen molar-refractivity contribution in [3.05, 3.63) is 6.20 Å². The van der Waals surface area contributed by atoms with Crippen LogP contribution >= 0.6 is 0 Å². The molecule has 0 radical (unpaired) electrons. The third-order valence-electron chi connectivity index (χ3n) is 2.96. The summed E-state index contributed by atoms with van der Waals surface area (Å²) in [6.45, 7) is 1.75. The molecule has 2 heterocycles. The van der Waals surface area contributed by atoms with Crippen LogP contribution in [0.3, 0.4) is 0 Å². The Morgan fingerprint density at radius 2 is 2.11 bits per heavy atom. The quantitative estimate of drug-likeness (QED) is 0.859. The van der Waals surface area contributed by atoms with E-state index >= 15 is 0 Å². The molecule has 0 aliphatic carbocycles. The van der Waals surface area contributed by atoms with Gasteiger partial charge >= 0.3 is 6.09 Å². The lowest BCUT2D eigenvalue weighted by Gasteiger charge is -2.26. The Kier molecular flexibility index (Phi) is 4.32. The molecular formula is C11H17N5O3. The number of likely N-dealkylation sites (tertiary alicyclic amines) is 1. The second kappa shape index (κ2) is 6.17. The topological polar surface area (TPSA) is 89.4 Å². The van der Waals surface area contributed by atoms with Gasteiger partial charge in [-0.3, -0.25) is 10.1 Å². The molecule has 0 bridgehead atoms. The highest BCUT2D eigenvalue weighted by atomic mass is 16.5. The first-order chi connectivity index (χ1) is 9.19. The number of hydrogen-bond acceptors (Lipinski definition) is 5. The van der Waals surface area contributed by atoms with E-state index < -0.39 is 6.09 Å². The molecule has 0 unspecified atom stereocenters. The zero-order valence-corrected chi connectivity index (χ0v) is 10.8. The Morgan fingerprint density at radius 3 is 2.79 bits per heavy atom. The molecule has 1 aromatic heterocycles. The smallest absolute Gasteiger partial charge is 0.412 e. The van der Waals surface area contributed by atoms with Gasteiger partial charge in [-0.15, -0.1) is 5.10 Å². The lowest BCUT2D eigenvalue weighted by atomic mass is 10.1. The molecule has 8 heteroatoms. The average molecular weight is 267 g/mol. The minimum absolute atomic E-state index is 0.0224. The van der Waals surface area contributed by atoms with Crippen LogP contribution in [0.15, 0.2) is 6.20 Å². The second-order valence-electron chi connectivity index (χ2n) is 4.36. The van der Waals surface area contributed by atoms with Crippen molar-refractivity contribution in [1.29, 1.82) is 0 Å². The number of amides is 2. The molecule has 0 spiro atoms. The molecule has 8 nitrogen and oxygen atoms in total. The SMILES string of the molecule is COC(=O)Nc1cn(CC(=O)N2CCCCC2)nn1. The first kappa shape index (κ1) is 13.3. The van der Waals surface area contributed by atoms with Crippen molar-refractivity contribution in [2.24, 2.45) is 0 Å². The Morgan fingerprint density at radius 1 is 1.37 bits per heavy atom. The number of methoxy groups -OCH3 is 1. The fraction of sp³-hybridized carbons (Fsp3) is 0.636. The molecular weight excluding hydrogens is 250 g/mol. The number of nitrogens with zero attached hydrogens (tertiary/aromatic N) is 4. The Hall–Kier alpha value is -2.12. The second-order valence-corrected chi connectivity index (χ2v) is 4.36. The number of hydrogen-bond donors (Lipinski definition) is 1. The predicted molar refractivity (Wildman–Crippen MR) is 66.5 cm³/mol. The van der Waals surface area contributed by atoms with Crippen LogP contribution in [0.1, 0.15) is 19.3 Å². The van der Waals surface area contributed by atoms with Crippen molar-refractivity contribution in [3.63, 3.8) is 0 Å². The molecule has 19 heavy (non-hydrogen) atoms. The number of aromatic nitrogens is 3. The van der Waals surface area contributed by atoms with E-state index in [1.165, 1.54) is 24.4 Å². The number of nitrogens with one attached hydrogen (secondary N) is 1. The van der Waals surface area contributed by atoms with Gasteiger partial charge in [-0.25, -0.2) is 9.48 Å². The maximum Gasteiger partial charge on any atom is 0.412 e. The van der Waals surface area contributed by atoms with Crippen molar-refractivity contribution in [3.8, 4) is 0 Å². The van der Waals surface area contributed by atoms with E-state index in [-0.39, 0.29) is 18.3 Å². The highest BCUT2D eigenvalue weighted by Gasteiger charge is 2.17. The number of rotatable bonds is 3. The third-order valence-corrected chi connectivity index (χ3v) is 2.96. The molecule has 1 fully saturated rings. The van der Waals surface area contributed by atoms with Crippen LogP contribution in [0.4, 0.5) is 10.6 Å². The summed E-state index contributed by atoms with van der Waals surface area (Å²) < 4.78 is 5.84. The van der Waals surface area contributed by atoms with Crippen LogP contribution in [0.25, 0.3) is 0 Å². The molecule has 104 valence electrons. The lowest BCUT2D eigenvalue weighted by Crippen LogP contribution is -2.37. The van der Waals surface area contributed by atoms with Crippen LogP contribution in [-0.4, -0.2) is 52.1 Å². The average Bonchev–Trinajstić information content (AvgIpc) is 2.86. The summed E-state index contributed by atoms with van der Waals surface area (Å²) >= 11 is 0. The van der Waals surface area contributed by atoms with Crippen LogP contribution in [0.2, 0.25) is 0 Å². The summed E-state index contributed by atoms with van der Waals surface area (Å²) in [5.41, 5.74) is 0. The normalized spacial score (nSPS) is 15.1. The van der Waals surface area contributed by atoms with Crippen LogP contribution in [0, 0.1) is 0 Å². The summed E-state index contributed by atoms with van der Waals surface area (Å²) in [4.78, 5) is 24.8. The maximum absolute atomic E-state index is 12.0. The van der Waals surface area contributed by atoms with Gasteiger partial charge in [0.1, 0.15) is 6.54 Å². The summed E-state index contributed by atoms with van der Waals surface area (Å²) in [6, 6.07) is 0. The minimum atomic E-state index is -0.616. The fourth-order valence-corrected chi connectivity index (χ4v) is 1.97. The van der Waals surface area contributed by atoms with Gasteiger partial charge in [0.15, 0.2) is 5.82 Å². The zero-order valence-electron chi connectivity index (χ0n) is 10.8. The standard InChI is InChI=1S/C11H17N5O3/c1-19-11(18)12-9-7-16(14-13-9)8-10(17)15-5-3-2-4-6-15/h7H,2-6,8H2,1H3,(H,12,18). The molecule has 1 aliphatic rings. The maximum atomic E-state index is 12.0. The van der Waals surface area contributed by atoms with Gasteiger partial charge < -0.3 is 9.64 Å². The summed E-state index contributed by atoms with van der Waals surface area (Å²) in [5, 5.41) is 9.90. The van der Waals surface area contributed by atoms with Crippen molar-refractivity contribution in [2.75, 3.05) is 25.5 Å². The molecule has 1 N–H and O–H groups in total. The Labute approximate surface area is 110 Å². The van der Waals surface area contributed by atoms with Gasteiger partial charge in [-0.1, -0.05) is 5.21 Å². The number of ether oxygens (including phenoxy) is 1. The van der Waals surface area contributed by atoms with E-state index in [1.807, 2.05) is 4.90 Å². The van der Waals surface area contributed by atoms with Gasteiger partial charge in [0.2, 0.25) is 5.91 Å². The summed E-state index contributed by atoms with van der Waals surface area (Å²) in [7, 11) is 1.26. The van der Waals surface area contributed by atoms with Crippen molar-refractivity contribution in [1.82, 2.24) is 19.9 Å². The first-order valence-corrected chi connectivity index (χ1v) is 6.22. The van der Waals surface area contributed by atoms with E-state index in [1.54, 1.807) is 0 Å². The lowest BCUT2D eigenvalue weighted by molar-refractivity contribution is -0.132. The number of carbonyl (C=O) groups excluding carboxylic acids is 2. The van der Waals surface area contributed by atoms with E-state index in [9.17, 15) is 9.59 Å². The first-order valence-electron chi connectivity index (χ1n) is 6.22. The molecule has 0 aromatic carbocycles. The number of anilines is 1. The van der Waals surface area contributed by atoms with Gasteiger partial charge in [-0.05, 0) is 19.3 Å². The molecule has 1 aliphatic heterocycles. The van der Waals surface area contributed by atoms with E-state index in [0.717, 1.165) is 25.9 Å². The van der Waals surface area contributed by atoms with Crippen molar-refractivity contribution >= 4 is 17.8 Å². The predicted octanol–water partition coefficient (Wildman–Crippen LogP) is 0.469. The van der Waals surface area contributed by atoms with E-state index in [0.29, 0.717) is 0 Å². The molecule has 0 saturated carbocycles. The van der Waals surface area contributed by atoms with Crippen LogP contribution < -0.4 is 5.32 Å². The summed E-state index contributed by atoms with van der Waals surface area (Å²) in [6.07, 6.45) is 4.17. The van der Waals surface area contributed by atoms with Crippen LogP contribution in [-0.2, 0) is 16.1 Å². The summed E-state index contributed by atoms with van der Waals surface area (Å²) in [5.74, 6) is 0.285. The zero-order chi connectivity index (χ0) is 13.7. The van der Waals surface area contributed by atoms with Crippen molar-refractivity contribution < 1.29 is 14.3 Å².